The molecule has 0 bridgehead atoms. The molecule has 1 aromatic heterocycles. The summed E-state index contributed by atoms with van der Waals surface area (Å²) in [6.45, 7) is 7.44. The molecule has 2 N–H and O–H groups in total. The summed E-state index contributed by atoms with van der Waals surface area (Å²) in [5, 5.41) is 10.9. The van der Waals surface area contributed by atoms with Gasteiger partial charge in [0.15, 0.2) is 0 Å². The van der Waals surface area contributed by atoms with E-state index < -0.39 is 0 Å². The molecule has 0 amide bonds. The molecule has 1 heterocycles. The molecule has 1 fully saturated rings. The Morgan fingerprint density at radius 3 is 2.62 bits per heavy atom. The highest BCUT2D eigenvalue weighted by Gasteiger charge is 2.21. The van der Waals surface area contributed by atoms with E-state index in [-0.39, 0.29) is 0 Å². The van der Waals surface area contributed by atoms with Crippen LogP contribution in [0.15, 0.2) is 0 Å². The summed E-state index contributed by atoms with van der Waals surface area (Å²) < 4.78 is 0. The summed E-state index contributed by atoms with van der Waals surface area (Å²) >= 11 is 0. The van der Waals surface area contributed by atoms with E-state index in [1.54, 1.807) is 0 Å². The minimum atomic E-state index is 0.635. The van der Waals surface area contributed by atoms with Gasteiger partial charge in [-0.3, -0.25) is 5.10 Å². The summed E-state index contributed by atoms with van der Waals surface area (Å²) in [4.78, 5) is 0. The van der Waals surface area contributed by atoms with E-state index in [1.165, 1.54) is 36.9 Å². The molecule has 0 spiro atoms. The molecule has 1 saturated carbocycles. The third-order valence-electron chi connectivity index (χ3n) is 3.99. The number of nitrogens with one attached hydrogen (secondary N) is 2. The Morgan fingerprint density at radius 1 is 1.38 bits per heavy atom. The third kappa shape index (κ3) is 2.46. The fraction of sp³-hybridized carbons (Fsp3) is 0.769. The Hall–Kier alpha value is -0.830. The van der Waals surface area contributed by atoms with Crippen LogP contribution in [-0.2, 0) is 6.54 Å². The Kier molecular flexibility index (Phi) is 3.64. The lowest BCUT2D eigenvalue weighted by atomic mass is 9.99. The van der Waals surface area contributed by atoms with Crippen molar-refractivity contribution in [1.29, 1.82) is 0 Å². The monoisotopic (exact) mass is 221 g/mol. The summed E-state index contributed by atoms with van der Waals surface area (Å²) in [6.07, 6.45) is 5.63. The van der Waals surface area contributed by atoms with E-state index in [1.807, 2.05) is 0 Å². The van der Waals surface area contributed by atoms with Gasteiger partial charge in [-0.25, -0.2) is 0 Å². The number of aromatic amines is 1. The maximum atomic E-state index is 4.23. The predicted molar refractivity (Wildman–Crippen MR) is 66.3 cm³/mol. The number of H-pyrrole nitrogens is 1. The molecule has 0 radical (unpaired) electrons. The first-order valence-electron chi connectivity index (χ1n) is 6.42. The molecule has 1 atom stereocenters. The van der Waals surface area contributed by atoms with Crippen LogP contribution in [0.3, 0.4) is 0 Å². The maximum Gasteiger partial charge on any atom is 0.0638 e. The number of aromatic nitrogens is 2. The van der Waals surface area contributed by atoms with Gasteiger partial charge in [-0.2, -0.15) is 5.10 Å². The van der Waals surface area contributed by atoms with Crippen molar-refractivity contribution >= 4 is 0 Å². The second-order valence-corrected chi connectivity index (χ2v) is 5.13. The Bertz CT molecular complexity index is 317. The largest absolute Gasteiger partial charge is 0.310 e. The first-order valence-corrected chi connectivity index (χ1v) is 6.42. The molecular weight excluding hydrogens is 198 g/mol. The van der Waals surface area contributed by atoms with Gasteiger partial charge in [-0.05, 0) is 39.5 Å². The van der Waals surface area contributed by atoms with E-state index in [4.69, 9.17) is 0 Å². The number of nitrogens with zero attached hydrogens (tertiary/aromatic N) is 1. The molecule has 16 heavy (non-hydrogen) atoms. The van der Waals surface area contributed by atoms with Crippen LogP contribution in [0.2, 0.25) is 0 Å². The van der Waals surface area contributed by atoms with Gasteiger partial charge in [0.25, 0.3) is 0 Å². The number of hydrogen-bond donors (Lipinski definition) is 2. The lowest BCUT2D eigenvalue weighted by Crippen LogP contribution is -2.32. The van der Waals surface area contributed by atoms with Crippen LogP contribution >= 0.6 is 0 Å². The molecule has 90 valence electrons. The lowest BCUT2D eigenvalue weighted by molar-refractivity contribution is 0.380. The number of hydrogen-bond acceptors (Lipinski definition) is 2. The molecule has 1 aliphatic rings. The zero-order chi connectivity index (χ0) is 11.5. The quantitative estimate of drug-likeness (QED) is 0.820. The van der Waals surface area contributed by atoms with Crippen LogP contribution < -0.4 is 5.32 Å². The van der Waals surface area contributed by atoms with Crippen LogP contribution in [0.1, 0.15) is 49.6 Å². The molecule has 0 aromatic carbocycles. The van der Waals surface area contributed by atoms with E-state index in [0.717, 1.165) is 18.2 Å². The van der Waals surface area contributed by atoms with Gasteiger partial charge in [-0.15, -0.1) is 0 Å². The van der Waals surface area contributed by atoms with Crippen LogP contribution in [0.4, 0.5) is 0 Å². The predicted octanol–water partition coefficient (Wildman–Crippen LogP) is 2.69. The topological polar surface area (TPSA) is 40.7 Å². The van der Waals surface area contributed by atoms with Crippen molar-refractivity contribution in [1.82, 2.24) is 15.5 Å². The van der Waals surface area contributed by atoms with Gasteiger partial charge in [0, 0.05) is 23.8 Å². The van der Waals surface area contributed by atoms with E-state index in [2.05, 4.69) is 36.3 Å². The number of rotatable bonds is 4. The summed E-state index contributed by atoms with van der Waals surface area (Å²) in [5.41, 5.74) is 3.66. The van der Waals surface area contributed by atoms with Crippen molar-refractivity contribution in [3.05, 3.63) is 17.0 Å². The van der Waals surface area contributed by atoms with Gasteiger partial charge >= 0.3 is 0 Å². The van der Waals surface area contributed by atoms with E-state index >= 15 is 0 Å². The molecule has 3 heteroatoms. The molecular formula is C13H23N3. The van der Waals surface area contributed by atoms with Crippen LogP contribution in [-0.4, -0.2) is 16.2 Å². The van der Waals surface area contributed by atoms with Gasteiger partial charge in [0.2, 0.25) is 0 Å². The fourth-order valence-corrected chi connectivity index (χ4v) is 2.72. The van der Waals surface area contributed by atoms with Crippen LogP contribution in [0.5, 0.6) is 0 Å². The van der Waals surface area contributed by atoms with Crippen molar-refractivity contribution < 1.29 is 0 Å². The highest BCUT2D eigenvalue weighted by molar-refractivity contribution is 5.22. The first kappa shape index (κ1) is 11.6. The Balaban J connectivity index is 1.87. The van der Waals surface area contributed by atoms with Crippen LogP contribution in [0, 0.1) is 19.8 Å². The van der Waals surface area contributed by atoms with Crippen molar-refractivity contribution in [3.63, 3.8) is 0 Å². The second kappa shape index (κ2) is 5.00. The molecule has 2 rings (SSSR count). The summed E-state index contributed by atoms with van der Waals surface area (Å²) in [5.74, 6) is 0.882. The fourth-order valence-electron chi connectivity index (χ4n) is 2.72. The molecule has 1 aliphatic carbocycles. The van der Waals surface area contributed by atoms with Gasteiger partial charge in [0.1, 0.15) is 0 Å². The molecule has 0 aliphatic heterocycles. The summed E-state index contributed by atoms with van der Waals surface area (Å²) in [6, 6.07) is 0.635. The maximum absolute atomic E-state index is 4.23. The SMILES string of the molecule is Cc1n[nH]c(C)c1CN[C@@H](C)C1CCCC1. The molecule has 0 unspecified atom stereocenters. The second-order valence-electron chi connectivity index (χ2n) is 5.13. The van der Waals surface area contributed by atoms with Crippen LogP contribution in [0.25, 0.3) is 0 Å². The van der Waals surface area contributed by atoms with Crippen molar-refractivity contribution in [2.24, 2.45) is 5.92 Å². The highest BCUT2D eigenvalue weighted by atomic mass is 15.1. The average molecular weight is 221 g/mol. The standard InChI is InChI=1S/C13H23N3/c1-9(12-6-4-5-7-12)14-8-13-10(2)15-16-11(13)3/h9,12,14H,4-8H2,1-3H3,(H,15,16)/t9-/m0/s1. The van der Waals surface area contributed by atoms with Gasteiger partial charge in [-0.1, -0.05) is 12.8 Å². The normalized spacial score (nSPS) is 19.2. The van der Waals surface area contributed by atoms with Gasteiger partial charge < -0.3 is 5.32 Å². The minimum absolute atomic E-state index is 0.635. The smallest absolute Gasteiger partial charge is 0.0638 e. The minimum Gasteiger partial charge on any atom is -0.310 e. The molecule has 0 saturated heterocycles. The molecule has 1 aromatic rings. The average Bonchev–Trinajstić information content (AvgIpc) is 2.87. The summed E-state index contributed by atoms with van der Waals surface area (Å²) in [7, 11) is 0. The van der Waals surface area contributed by atoms with E-state index in [0.29, 0.717) is 6.04 Å². The zero-order valence-electron chi connectivity index (χ0n) is 10.6. The highest BCUT2D eigenvalue weighted by Crippen LogP contribution is 2.27. The van der Waals surface area contributed by atoms with Gasteiger partial charge in [0.05, 0.1) is 5.69 Å². The number of aryl methyl sites for hydroxylation is 2. The third-order valence-corrected chi connectivity index (χ3v) is 3.99. The van der Waals surface area contributed by atoms with Crippen molar-refractivity contribution in [2.75, 3.05) is 0 Å². The van der Waals surface area contributed by atoms with E-state index in [9.17, 15) is 0 Å². The molecule has 3 nitrogen and oxygen atoms in total. The zero-order valence-corrected chi connectivity index (χ0v) is 10.6. The van der Waals surface area contributed by atoms with Crippen molar-refractivity contribution in [3.8, 4) is 0 Å². The lowest BCUT2D eigenvalue weighted by Gasteiger charge is -2.20. The first-order chi connectivity index (χ1) is 7.68. The Morgan fingerprint density at radius 2 is 2.06 bits per heavy atom. The van der Waals surface area contributed by atoms with Crippen molar-refractivity contribution in [2.45, 2.75) is 59.0 Å². The Labute approximate surface area is 98.0 Å².